The van der Waals surface area contributed by atoms with Gasteiger partial charge in [-0.25, -0.2) is 9.59 Å². The van der Waals surface area contributed by atoms with Gasteiger partial charge in [-0.3, -0.25) is 24.2 Å². The molecular formula is C24H37N7O8S. The zero-order valence-corrected chi connectivity index (χ0v) is 23.0. The van der Waals surface area contributed by atoms with Crippen molar-refractivity contribution in [1.82, 2.24) is 36.6 Å². The number of amides is 5. The Kier molecular flexibility index (Phi) is 13.0. The molecule has 0 aliphatic carbocycles. The Labute approximate surface area is 234 Å². The van der Waals surface area contributed by atoms with Crippen molar-refractivity contribution in [3.63, 3.8) is 0 Å². The largest absolute Gasteiger partial charge is 0.377 e. The van der Waals surface area contributed by atoms with E-state index in [-0.39, 0.29) is 62.0 Å². The van der Waals surface area contributed by atoms with Crippen molar-refractivity contribution < 1.29 is 28.7 Å². The Bertz CT molecular complexity index is 1100. The Morgan fingerprint density at radius 3 is 2.48 bits per heavy atom. The van der Waals surface area contributed by atoms with Crippen molar-refractivity contribution in [2.75, 3.05) is 51.8 Å². The van der Waals surface area contributed by atoms with E-state index < -0.39 is 17.2 Å². The molecule has 0 bridgehead atoms. The first kappa shape index (κ1) is 31.2. The molecule has 2 aliphatic heterocycles. The minimum Gasteiger partial charge on any atom is -0.377 e. The molecule has 0 aromatic carbocycles. The van der Waals surface area contributed by atoms with Crippen molar-refractivity contribution in [2.45, 2.75) is 49.4 Å². The average Bonchev–Trinajstić information content (AvgIpc) is 3.46. The van der Waals surface area contributed by atoms with Crippen LogP contribution in [0.15, 0.2) is 15.7 Å². The zero-order chi connectivity index (χ0) is 28.7. The van der Waals surface area contributed by atoms with Gasteiger partial charge in [-0.05, 0) is 19.3 Å². The number of carbonyl (C=O) groups excluding carboxylic acids is 4. The minimum atomic E-state index is -0.766. The van der Waals surface area contributed by atoms with Crippen LogP contribution in [0.5, 0.6) is 0 Å². The average molecular weight is 584 g/mol. The van der Waals surface area contributed by atoms with Crippen LogP contribution in [0.25, 0.3) is 0 Å². The second-order valence-corrected chi connectivity index (χ2v) is 10.6. The summed E-state index contributed by atoms with van der Waals surface area (Å²) in [5.74, 6) is 0.00952. The lowest BCUT2D eigenvalue weighted by Gasteiger charge is -2.16. The van der Waals surface area contributed by atoms with E-state index in [4.69, 9.17) is 9.47 Å². The maximum Gasteiger partial charge on any atom is 0.326 e. The maximum absolute atomic E-state index is 12.0. The van der Waals surface area contributed by atoms with Crippen LogP contribution < -0.4 is 37.8 Å². The predicted molar refractivity (Wildman–Crippen MR) is 146 cm³/mol. The molecule has 1 aromatic rings. The SMILES string of the molecule is O=C(CCCC[C@@H]1SC[C@@H]2NC(=O)N[C@@H]21)NCCOCCOCC(=O)NCCCNC(=O)c1cc(=O)[nH]c(=O)[nH]1. The van der Waals surface area contributed by atoms with E-state index in [1.807, 2.05) is 16.7 Å². The molecule has 0 unspecified atom stereocenters. The van der Waals surface area contributed by atoms with E-state index in [9.17, 15) is 28.8 Å². The lowest BCUT2D eigenvalue weighted by atomic mass is 10.0. The Morgan fingerprint density at radius 2 is 1.65 bits per heavy atom. The second-order valence-electron chi connectivity index (χ2n) is 9.34. The van der Waals surface area contributed by atoms with Crippen LogP contribution in [0.2, 0.25) is 0 Å². The van der Waals surface area contributed by atoms with Crippen LogP contribution in [-0.2, 0) is 19.1 Å². The standard InChI is InChI=1S/C24H37N7O8S/c32-18(5-2-1-4-17-21-16(14-40-17)29-24(37)31-21)26-8-9-38-10-11-39-13-20(34)25-6-3-7-27-22(35)15-12-19(33)30-23(36)28-15/h12,16-17,21H,1-11,13-14H2,(H,25,34)(H,26,32)(H,27,35)(H2,29,31,37)(H2,28,30,33,36)/t16-,17-,21-/m0/s1. The molecule has 0 radical (unpaired) electrons. The number of unbranched alkanes of at least 4 members (excludes halogenated alkanes) is 1. The molecule has 15 nitrogen and oxygen atoms in total. The van der Waals surface area contributed by atoms with Crippen LogP contribution >= 0.6 is 11.8 Å². The topological polar surface area (TPSA) is 213 Å². The molecule has 2 fully saturated rings. The molecule has 16 heteroatoms. The molecule has 0 saturated carbocycles. The van der Waals surface area contributed by atoms with Gasteiger partial charge in [0.1, 0.15) is 12.3 Å². The fraction of sp³-hybridized carbons (Fsp3) is 0.667. The zero-order valence-electron chi connectivity index (χ0n) is 22.2. The van der Waals surface area contributed by atoms with E-state index in [0.717, 1.165) is 31.1 Å². The quantitative estimate of drug-likeness (QED) is 0.0764. The van der Waals surface area contributed by atoms with Crippen LogP contribution in [0.3, 0.4) is 0 Å². The predicted octanol–water partition coefficient (Wildman–Crippen LogP) is -1.83. The molecule has 222 valence electrons. The first-order valence-corrected chi connectivity index (χ1v) is 14.4. The molecule has 0 spiro atoms. The number of H-pyrrole nitrogens is 2. The summed E-state index contributed by atoms with van der Waals surface area (Å²) in [4.78, 5) is 73.7. The molecule has 1 aromatic heterocycles. The Balaban J connectivity index is 1.07. The highest BCUT2D eigenvalue weighted by Gasteiger charge is 2.42. The highest BCUT2D eigenvalue weighted by atomic mass is 32.2. The van der Waals surface area contributed by atoms with Gasteiger partial charge in [-0.2, -0.15) is 11.8 Å². The summed E-state index contributed by atoms with van der Waals surface area (Å²) < 4.78 is 10.6. The second kappa shape index (κ2) is 16.7. The normalized spacial score (nSPS) is 19.4. The number of hydrogen-bond acceptors (Lipinski definition) is 9. The molecular weight excluding hydrogens is 546 g/mol. The Hall–Kier alpha value is -3.37. The molecule has 3 heterocycles. The number of aromatic nitrogens is 2. The van der Waals surface area contributed by atoms with Gasteiger partial charge in [0.15, 0.2) is 0 Å². The first-order chi connectivity index (χ1) is 19.3. The summed E-state index contributed by atoms with van der Waals surface area (Å²) in [5, 5.41) is 14.3. The van der Waals surface area contributed by atoms with Gasteiger partial charge in [0.2, 0.25) is 11.8 Å². The van der Waals surface area contributed by atoms with Crippen molar-refractivity contribution in [3.8, 4) is 0 Å². The number of ether oxygens (including phenoxy) is 2. The van der Waals surface area contributed by atoms with Crippen LogP contribution in [0, 0.1) is 0 Å². The van der Waals surface area contributed by atoms with E-state index >= 15 is 0 Å². The number of nitrogens with one attached hydrogen (secondary N) is 7. The number of fused-ring (bicyclic) bond motifs is 1. The summed E-state index contributed by atoms with van der Waals surface area (Å²) in [6.07, 6.45) is 3.60. The number of thioether (sulfide) groups is 1. The highest BCUT2D eigenvalue weighted by molar-refractivity contribution is 8.00. The number of rotatable bonds is 18. The van der Waals surface area contributed by atoms with Crippen molar-refractivity contribution in [1.29, 1.82) is 0 Å². The summed E-state index contributed by atoms with van der Waals surface area (Å²) in [6.45, 7) is 1.65. The first-order valence-electron chi connectivity index (χ1n) is 13.3. The molecule has 3 atom stereocenters. The maximum atomic E-state index is 12.0. The third-order valence-corrected chi connectivity index (χ3v) is 7.73. The Morgan fingerprint density at radius 1 is 0.875 bits per heavy atom. The van der Waals surface area contributed by atoms with E-state index in [0.29, 0.717) is 37.8 Å². The lowest BCUT2D eigenvalue weighted by Crippen LogP contribution is -2.36. The molecule has 7 N–H and O–H groups in total. The number of carbonyl (C=O) groups is 4. The summed E-state index contributed by atoms with van der Waals surface area (Å²) >= 11 is 1.87. The van der Waals surface area contributed by atoms with Gasteiger partial charge in [0.05, 0.1) is 31.9 Å². The third-order valence-electron chi connectivity index (χ3n) is 6.22. The molecule has 5 amide bonds. The van der Waals surface area contributed by atoms with E-state index in [2.05, 4.69) is 31.6 Å². The van der Waals surface area contributed by atoms with Crippen molar-refractivity contribution >= 4 is 35.5 Å². The van der Waals surface area contributed by atoms with Crippen LogP contribution in [0.4, 0.5) is 4.79 Å². The molecule has 2 saturated heterocycles. The lowest BCUT2D eigenvalue weighted by molar-refractivity contribution is -0.126. The fourth-order valence-corrected chi connectivity index (χ4v) is 5.81. The van der Waals surface area contributed by atoms with Gasteiger partial charge >= 0.3 is 11.7 Å². The number of urea groups is 1. The van der Waals surface area contributed by atoms with Gasteiger partial charge < -0.3 is 41.0 Å². The molecule has 3 rings (SSSR count). The highest BCUT2D eigenvalue weighted by Crippen LogP contribution is 2.33. The minimum absolute atomic E-state index is 0.0193. The van der Waals surface area contributed by atoms with Crippen molar-refractivity contribution in [3.05, 3.63) is 32.6 Å². The van der Waals surface area contributed by atoms with Gasteiger partial charge in [0.25, 0.3) is 11.5 Å². The fourth-order valence-electron chi connectivity index (χ4n) is 4.27. The summed E-state index contributed by atoms with van der Waals surface area (Å²) in [5.41, 5.74) is -1.58. The smallest absolute Gasteiger partial charge is 0.326 e. The van der Waals surface area contributed by atoms with Crippen LogP contribution in [0.1, 0.15) is 42.6 Å². The van der Waals surface area contributed by atoms with Crippen molar-refractivity contribution in [2.24, 2.45) is 0 Å². The van der Waals surface area contributed by atoms with E-state index in [1.54, 1.807) is 0 Å². The van der Waals surface area contributed by atoms with Gasteiger partial charge in [0, 0.05) is 43.1 Å². The van der Waals surface area contributed by atoms with Gasteiger partial charge in [-0.1, -0.05) is 6.42 Å². The molecule has 2 aliphatic rings. The van der Waals surface area contributed by atoms with Gasteiger partial charge in [-0.15, -0.1) is 0 Å². The van der Waals surface area contributed by atoms with E-state index in [1.165, 1.54) is 0 Å². The summed E-state index contributed by atoms with van der Waals surface area (Å²) in [7, 11) is 0. The number of hydrogen-bond donors (Lipinski definition) is 7. The molecule has 40 heavy (non-hydrogen) atoms. The van der Waals surface area contributed by atoms with Crippen LogP contribution in [-0.4, -0.2) is 103 Å². The summed E-state index contributed by atoms with van der Waals surface area (Å²) in [6, 6.07) is 1.32. The third kappa shape index (κ3) is 11.0. The monoisotopic (exact) mass is 583 g/mol. The number of aromatic amines is 2.